The monoisotopic (exact) mass is 436 g/mol. The Kier molecular flexibility index (Phi) is 19.1. The van der Waals surface area contributed by atoms with Gasteiger partial charge in [0.25, 0.3) is 0 Å². The third kappa shape index (κ3) is 18.4. The Morgan fingerprint density at radius 1 is 0.600 bits per heavy atom. The van der Waals surface area contributed by atoms with Crippen molar-refractivity contribution in [3.63, 3.8) is 0 Å². The van der Waals surface area contributed by atoms with E-state index in [2.05, 4.69) is 65.1 Å². The maximum Gasteiger partial charge on any atom is 0.191 e. The molecule has 0 aliphatic heterocycles. The van der Waals surface area contributed by atoms with Gasteiger partial charge in [-0.2, -0.15) is 0 Å². The molecule has 0 saturated carbocycles. The zero-order chi connectivity index (χ0) is 22.6. The number of allylic oxidation sites excluding steroid dienone is 4. The molecule has 0 heterocycles. The second kappa shape index (κ2) is 19.4. The van der Waals surface area contributed by atoms with Gasteiger partial charge in [-0.1, -0.05) is 116 Å². The highest BCUT2D eigenvalue weighted by atomic mass is 28.4. The fourth-order valence-corrected chi connectivity index (χ4v) is 4.43. The number of hydrogen-bond acceptors (Lipinski definition) is 1. The Bertz CT molecular complexity index is 417. The normalized spacial score (nSPS) is 13.1. The molecule has 0 aromatic carbocycles. The van der Waals surface area contributed by atoms with Crippen LogP contribution in [0.1, 0.15) is 130 Å². The van der Waals surface area contributed by atoms with Crippen molar-refractivity contribution in [3.05, 3.63) is 24.3 Å². The van der Waals surface area contributed by atoms with E-state index in [1.165, 1.54) is 96.3 Å². The van der Waals surface area contributed by atoms with Crippen LogP contribution in [-0.2, 0) is 4.43 Å². The molecule has 0 aromatic rings. The van der Waals surface area contributed by atoms with Gasteiger partial charge in [-0.15, -0.1) is 0 Å². The van der Waals surface area contributed by atoms with Crippen LogP contribution in [0.2, 0.25) is 18.1 Å². The van der Waals surface area contributed by atoms with E-state index in [9.17, 15) is 0 Å². The summed E-state index contributed by atoms with van der Waals surface area (Å²) in [7, 11) is -1.53. The first kappa shape index (κ1) is 29.7. The fourth-order valence-electron chi connectivity index (χ4n) is 3.34. The summed E-state index contributed by atoms with van der Waals surface area (Å²) in [6, 6.07) is 0. The Hall–Kier alpha value is -0.343. The Labute approximate surface area is 192 Å². The van der Waals surface area contributed by atoms with E-state index in [1.54, 1.807) is 0 Å². The molecule has 0 N–H and O–H groups in total. The molecule has 0 atom stereocenters. The summed E-state index contributed by atoms with van der Waals surface area (Å²) >= 11 is 0. The molecule has 0 spiro atoms. The second-order valence-electron chi connectivity index (χ2n) is 10.6. The van der Waals surface area contributed by atoms with Gasteiger partial charge >= 0.3 is 0 Å². The Morgan fingerprint density at radius 3 is 1.50 bits per heavy atom. The highest BCUT2D eigenvalue weighted by Crippen LogP contribution is 2.36. The molecule has 30 heavy (non-hydrogen) atoms. The molecule has 1 nitrogen and oxygen atoms in total. The van der Waals surface area contributed by atoms with E-state index in [4.69, 9.17) is 4.43 Å². The molecule has 0 aliphatic rings. The molecular weight excluding hydrogens is 380 g/mol. The van der Waals surface area contributed by atoms with Crippen LogP contribution in [0.3, 0.4) is 0 Å². The van der Waals surface area contributed by atoms with Crippen molar-refractivity contribution >= 4 is 8.32 Å². The molecule has 0 amide bonds. The highest BCUT2D eigenvalue weighted by molar-refractivity contribution is 6.74. The van der Waals surface area contributed by atoms with Crippen LogP contribution < -0.4 is 0 Å². The lowest BCUT2D eigenvalue weighted by molar-refractivity contribution is 0.277. The first-order chi connectivity index (χ1) is 14.3. The van der Waals surface area contributed by atoms with Crippen molar-refractivity contribution in [3.8, 4) is 0 Å². The van der Waals surface area contributed by atoms with Crippen LogP contribution in [0.4, 0.5) is 0 Å². The molecule has 0 aliphatic carbocycles. The van der Waals surface area contributed by atoms with Crippen LogP contribution in [0.5, 0.6) is 0 Å². The average Bonchev–Trinajstić information content (AvgIpc) is 2.68. The lowest BCUT2D eigenvalue weighted by Crippen LogP contribution is -2.40. The van der Waals surface area contributed by atoms with Gasteiger partial charge < -0.3 is 4.43 Å². The molecule has 0 bridgehead atoms. The second-order valence-corrected chi connectivity index (χ2v) is 15.4. The molecule has 0 aromatic heterocycles. The average molecular weight is 437 g/mol. The van der Waals surface area contributed by atoms with Gasteiger partial charge in [0.05, 0.1) is 0 Å². The molecule has 0 saturated heterocycles. The van der Waals surface area contributed by atoms with E-state index >= 15 is 0 Å². The minimum absolute atomic E-state index is 0.341. The van der Waals surface area contributed by atoms with Crippen molar-refractivity contribution in [2.75, 3.05) is 6.61 Å². The first-order valence-corrected chi connectivity index (χ1v) is 16.2. The van der Waals surface area contributed by atoms with Crippen molar-refractivity contribution < 1.29 is 4.43 Å². The minimum Gasteiger partial charge on any atom is -0.417 e. The van der Waals surface area contributed by atoms with E-state index in [-0.39, 0.29) is 0 Å². The van der Waals surface area contributed by atoms with Gasteiger partial charge in [0.1, 0.15) is 0 Å². The van der Waals surface area contributed by atoms with Gasteiger partial charge in [0.2, 0.25) is 0 Å². The van der Waals surface area contributed by atoms with E-state index in [0.717, 1.165) is 13.0 Å². The maximum atomic E-state index is 6.26. The smallest absolute Gasteiger partial charge is 0.191 e. The van der Waals surface area contributed by atoms with Crippen LogP contribution in [0.15, 0.2) is 24.3 Å². The Balaban J connectivity index is 3.29. The predicted octanol–water partition coefficient (Wildman–Crippen LogP) is 10.4. The summed E-state index contributed by atoms with van der Waals surface area (Å²) in [6.07, 6.45) is 30.9. The van der Waals surface area contributed by atoms with Crippen LogP contribution >= 0.6 is 0 Å². The maximum absolute atomic E-state index is 6.26. The first-order valence-electron chi connectivity index (χ1n) is 13.2. The predicted molar refractivity (Wildman–Crippen MR) is 141 cm³/mol. The molecule has 2 heteroatoms. The standard InChI is InChI=1S/C28H56OSi/c1-7-8-9-10-11-12-13-14-15-16-17-18-19-20-21-22-23-24-25-26-27-29-30(5,6)28(2,3)4/h11-12,14-15H,7-10,13,16-27H2,1-6H3/b12-11-,15-14-. The van der Waals surface area contributed by atoms with Gasteiger partial charge in [-0.3, -0.25) is 0 Å². The van der Waals surface area contributed by atoms with Crippen molar-refractivity contribution in [1.29, 1.82) is 0 Å². The SMILES string of the molecule is CCCCC/C=C\C/C=C\CCCCCCCCCCCCO[Si](C)(C)C(C)(C)C. The molecular formula is C28H56OSi. The zero-order valence-corrected chi connectivity index (χ0v) is 22.7. The number of hydrogen-bond donors (Lipinski definition) is 0. The van der Waals surface area contributed by atoms with E-state index < -0.39 is 8.32 Å². The molecule has 178 valence electrons. The third-order valence-electron chi connectivity index (χ3n) is 6.61. The summed E-state index contributed by atoms with van der Waals surface area (Å²) in [5.74, 6) is 0. The van der Waals surface area contributed by atoms with Crippen molar-refractivity contribution in [1.82, 2.24) is 0 Å². The minimum atomic E-state index is -1.53. The lowest BCUT2D eigenvalue weighted by atomic mass is 10.1. The lowest BCUT2D eigenvalue weighted by Gasteiger charge is -2.36. The summed E-state index contributed by atoms with van der Waals surface area (Å²) < 4.78 is 6.26. The van der Waals surface area contributed by atoms with Crippen molar-refractivity contribution in [2.24, 2.45) is 0 Å². The van der Waals surface area contributed by atoms with Crippen LogP contribution in [-0.4, -0.2) is 14.9 Å². The van der Waals surface area contributed by atoms with Gasteiger partial charge in [0, 0.05) is 6.61 Å². The third-order valence-corrected chi connectivity index (χ3v) is 11.2. The quantitative estimate of drug-likeness (QED) is 0.105. The largest absolute Gasteiger partial charge is 0.417 e. The summed E-state index contributed by atoms with van der Waals surface area (Å²) in [6.45, 7) is 14.9. The van der Waals surface area contributed by atoms with Gasteiger partial charge in [-0.25, -0.2) is 0 Å². The molecule has 0 unspecified atom stereocenters. The van der Waals surface area contributed by atoms with Gasteiger partial charge in [0.15, 0.2) is 8.32 Å². The number of rotatable bonds is 20. The topological polar surface area (TPSA) is 9.23 Å². The summed E-state index contributed by atoms with van der Waals surface area (Å²) in [5, 5.41) is 0.341. The van der Waals surface area contributed by atoms with E-state index in [1.807, 2.05) is 0 Å². The summed E-state index contributed by atoms with van der Waals surface area (Å²) in [4.78, 5) is 0. The number of unbranched alkanes of at least 4 members (excludes halogenated alkanes) is 13. The molecule has 0 radical (unpaired) electrons. The van der Waals surface area contributed by atoms with E-state index in [0.29, 0.717) is 5.04 Å². The van der Waals surface area contributed by atoms with Gasteiger partial charge in [-0.05, 0) is 56.7 Å². The molecule has 0 rings (SSSR count). The fraction of sp³-hybridized carbons (Fsp3) is 0.857. The zero-order valence-electron chi connectivity index (χ0n) is 21.7. The van der Waals surface area contributed by atoms with Crippen LogP contribution in [0.25, 0.3) is 0 Å². The summed E-state index contributed by atoms with van der Waals surface area (Å²) in [5.41, 5.74) is 0. The van der Waals surface area contributed by atoms with Crippen molar-refractivity contribution in [2.45, 2.75) is 149 Å². The highest BCUT2D eigenvalue weighted by Gasteiger charge is 2.36. The Morgan fingerprint density at radius 2 is 1.03 bits per heavy atom. The molecule has 0 fully saturated rings. The van der Waals surface area contributed by atoms with Crippen LogP contribution in [0, 0.1) is 0 Å².